The normalized spacial score (nSPS) is 16.9. The first-order chi connectivity index (χ1) is 9.97. The summed E-state index contributed by atoms with van der Waals surface area (Å²) in [7, 11) is 0. The van der Waals surface area contributed by atoms with E-state index in [1.165, 1.54) is 18.5 Å². The van der Waals surface area contributed by atoms with Gasteiger partial charge in [0.1, 0.15) is 0 Å². The molecule has 0 atom stereocenters. The Hall–Kier alpha value is -1.29. The van der Waals surface area contributed by atoms with E-state index in [4.69, 9.17) is 5.11 Å². The molecule has 0 aromatic heterocycles. The average Bonchev–Trinajstić information content (AvgIpc) is 2.46. The van der Waals surface area contributed by atoms with Gasteiger partial charge in [0, 0.05) is 29.3 Å². The van der Waals surface area contributed by atoms with Crippen LogP contribution < -0.4 is 4.90 Å². The number of anilines is 1. The maximum absolute atomic E-state index is 10.6. The van der Waals surface area contributed by atoms with Gasteiger partial charge in [-0.2, -0.15) is 0 Å². The second kappa shape index (κ2) is 7.12. The zero-order chi connectivity index (χ0) is 15.4. The number of rotatable bonds is 4. The summed E-state index contributed by atoms with van der Waals surface area (Å²) in [6, 6.07) is 6.12. The molecule has 0 bridgehead atoms. The second-order valence-corrected chi connectivity index (χ2v) is 6.80. The number of carboxylic acid groups (broad SMARTS) is 1. The van der Waals surface area contributed by atoms with Crippen LogP contribution in [0.3, 0.4) is 0 Å². The monoisotopic (exact) mass is 351 g/mol. The minimum absolute atomic E-state index is 0.766. The number of aliphatic carboxylic acids is 1. The molecule has 1 aliphatic heterocycles. The lowest BCUT2D eigenvalue weighted by molar-refractivity contribution is -0.131. The molecular formula is C17H22BrNO2. The second-order valence-electron chi connectivity index (χ2n) is 5.95. The molecule has 21 heavy (non-hydrogen) atoms. The van der Waals surface area contributed by atoms with Crippen LogP contribution in [-0.2, 0) is 4.79 Å². The van der Waals surface area contributed by atoms with E-state index in [9.17, 15) is 4.79 Å². The maximum Gasteiger partial charge on any atom is 0.328 e. The van der Waals surface area contributed by atoms with Crippen molar-refractivity contribution in [3.05, 3.63) is 34.3 Å². The number of benzene rings is 1. The highest BCUT2D eigenvalue weighted by Gasteiger charge is 2.21. The highest BCUT2D eigenvalue weighted by molar-refractivity contribution is 9.10. The van der Waals surface area contributed by atoms with Crippen molar-refractivity contribution in [3.63, 3.8) is 0 Å². The first-order valence-electron chi connectivity index (χ1n) is 7.43. The minimum Gasteiger partial charge on any atom is -0.478 e. The Morgan fingerprint density at radius 1 is 1.38 bits per heavy atom. The van der Waals surface area contributed by atoms with Gasteiger partial charge in [-0.25, -0.2) is 4.79 Å². The van der Waals surface area contributed by atoms with E-state index in [1.54, 1.807) is 6.08 Å². The molecule has 0 spiro atoms. The third kappa shape index (κ3) is 4.34. The van der Waals surface area contributed by atoms with Gasteiger partial charge < -0.3 is 10.0 Å². The Kier molecular flexibility index (Phi) is 5.45. The molecule has 1 aliphatic rings. The van der Waals surface area contributed by atoms with Crippen molar-refractivity contribution in [1.82, 2.24) is 0 Å². The molecule has 2 rings (SSSR count). The third-order valence-electron chi connectivity index (χ3n) is 4.24. The van der Waals surface area contributed by atoms with Gasteiger partial charge in [0.05, 0.1) is 0 Å². The number of carboxylic acids is 1. The summed E-state index contributed by atoms with van der Waals surface area (Å²) < 4.78 is 0.934. The molecule has 0 aliphatic carbocycles. The van der Waals surface area contributed by atoms with Gasteiger partial charge in [0.25, 0.3) is 0 Å². The van der Waals surface area contributed by atoms with E-state index in [0.29, 0.717) is 0 Å². The predicted octanol–water partition coefficient (Wildman–Crippen LogP) is 4.42. The van der Waals surface area contributed by atoms with Crippen LogP contribution in [0.2, 0.25) is 0 Å². The van der Waals surface area contributed by atoms with Gasteiger partial charge in [-0.1, -0.05) is 35.8 Å². The number of halogens is 1. The van der Waals surface area contributed by atoms with Gasteiger partial charge in [0.15, 0.2) is 0 Å². The van der Waals surface area contributed by atoms with Gasteiger partial charge in [0.2, 0.25) is 0 Å². The number of hydrogen-bond donors (Lipinski definition) is 1. The van der Waals surface area contributed by atoms with Crippen LogP contribution in [0.15, 0.2) is 28.7 Å². The standard InChI is InChI=1S/C17H22BrNO2/c1-12(2)13-7-9-19(10-8-13)15-5-3-14(16(18)11-15)4-6-17(20)21/h3-6,11-13H,7-10H2,1-2H3,(H,20,21)/b6-4+. The Balaban J connectivity index is 2.05. The first kappa shape index (κ1) is 16.1. The van der Waals surface area contributed by atoms with E-state index < -0.39 is 5.97 Å². The zero-order valence-electron chi connectivity index (χ0n) is 12.6. The molecule has 3 nitrogen and oxygen atoms in total. The number of hydrogen-bond acceptors (Lipinski definition) is 2. The van der Waals surface area contributed by atoms with Crippen LogP contribution in [-0.4, -0.2) is 24.2 Å². The van der Waals surface area contributed by atoms with E-state index in [-0.39, 0.29) is 0 Å². The van der Waals surface area contributed by atoms with Crippen LogP contribution in [0, 0.1) is 11.8 Å². The van der Waals surface area contributed by atoms with E-state index in [2.05, 4.69) is 46.8 Å². The molecule has 0 radical (unpaired) electrons. The topological polar surface area (TPSA) is 40.5 Å². The summed E-state index contributed by atoms with van der Waals surface area (Å²) in [5.41, 5.74) is 2.09. The molecule has 1 heterocycles. The van der Waals surface area contributed by atoms with Crippen molar-refractivity contribution in [3.8, 4) is 0 Å². The van der Waals surface area contributed by atoms with Crippen LogP contribution in [0.25, 0.3) is 6.08 Å². The van der Waals surface area contributed by atoms with E-state index in [1.807, 2.05) is 6.07 Å². The van der Waals surface area contributed by atoms with Crippen LogP contribution in [0.1, 0.15) is 32.3 Å². The minimum atomic E-state index is -0.929. The Bertz CT molecular complexity index is 532. The summed E-state index contributed by atoms with van der Waals surface area (Å²) in [4.78, 5) is 13.0. The molecule has 1 N–H and O–H groups in total. The molecule has 1 aromatic rings. The highest BCUT2D eigenvalue weighted by atomic mass is 79.9. The van der Waals surface area contributed by atoms with Crippen molar-refractivity contribution in [1.29, 1.82) is 0 Å². The lowest BCUT2D eigenvalue weighted by Crippen LogP contribution is -2.35. The van der Waals surface area contributed by atoms with Crippen molar-refractivity contribution in [2.75, 3.05) is 18.0 Å². The fraction of sp³-hybridized carbons (Fsp3) is 0.471. The highest BCUT2D eigenvalue weighted by Crippen LogP contribution is 2.30. The van der Waals surface area contributed by atoms with Crippen LogP contribution in [0.4, 0.5) is 5.69 Å². The Morgan fingerprint density at radius 3 is 2.57 bits per heavy atom. The van der Waals surface area contributed by atoms with Crippen molar-refractivity contribution in [2.45, 2.75) is 26.7 Å². The van der Waals surface area contributed by atoms with Crippen molar-refractivity contribution in [2.24, 2.45) is 11.8 Å². The summed E-state index contributed by atoms with van der Waals surface area (Å²) in [5.74, 6) is 0.673. The van der Waals surface area contributed by atoms with Crippen molar-refractivity contribution >= 4 is 33.7 Å². The summed E-state index contributed by atoms with van der Waals surface area (Å²) in [6.07, 6.45) is 5.26. The van der Waals surface area contributed by atoms with Crippen molar-refractivity contribution < 1.29 is 9.90 Å². The Labute approximate surface area is 134 Å². The fourth-order valence-corrected chi connectivity index (χ4v) is 3.33. The smallest absolute Gasteiger partial charge is 0.328 e. The first-order valence-corrected chi connectivity index (χ1v) is 8.22. The molecule has 0 unspecified atom stereocenters. The number of nitrogens with zero attached hydrogens (tertiary/aromatic N) is 1. The van der Waals surface area contributed by atoms with Crippen LogP contribution >= 0.6 is 15.9 Å². The number of piperidine rings is 1. The fourth-order valence-electron chi connectivity index (χ4n) is 2.83. The largest absolute Gasteiger partial charge is 0.478 e. The van der Waals surface area contributed by atoms with Gasteiger partial charge in [-0.05, 0) is 48.4 Å². The Morgan fingerprint density at radius 2 is 2.05 bits per heavy atom. The lowest BCUT2D eigenvalue weighted by atomic mass is 9.86. The molecule has 0 amide bonds. The summed E-state index contributed by atoms with van der Waals surface area (Å²) >= 11 is 3.53. The quantitative estimate of drug-likeness (QED) is 0.816. The number of carbonyl (C=O) groups is 1. The van der Waals surface area contributed by atoms with Gasteiger partial charge in [-0.15, -0.1) is 0 Å². The van der Waals surface area contributed by atoms with Gasteiger partial charge in [-0.3, -0.25) is 0 Å². The molecule has 1 aromatic carbocycles. The molecule has 0 saturated carbocycles. The predicted molar refractivity (Wildman–Crippen MR) is 90.6 cm³/mol. The maximum atomic E-state index is 10.6. The summed E-state index contributed by atoms with van der Waals surface area (Å²) in [6.45, 7) is 6.81. The SMILES string of the molecule is CC(C)C1CCN(c2ccc(/C=C/C(=O)O)c(Br)c2)CC1. The molecule has 114 valence electrons. The van der Waals surface area contributed by atoms with Gasteiger partial charge >= 0.3 is 5.97 Å². The van der Waals surface area contributed by atoms with E-state index in [0.717, 1.165) is 41.0 Å². The molecular weight excluding hydrogens is 330 g/mol. The molecule has 1 fully saturated rings. The average molecular weight is 352 g/mol. The third-order valence-corrected chi connectivity index (χ3v) is 4.92. The lowest BCUT2D eigenvalue weighted by Gasteiger charge is -2.35. The zero-order valence-corrected chi connectivity index (χ0v) is 14.1. The van der Waals surface area contributed by atoms with E-state index >= 15 is 0 Å². The van der Waals surface area contributed by atoms with Crippen LogP contribution in [0.5, 0.6) is 0 Å². The summed E-state index contributed by atoms with van der Waals surface area (Å²) in [5, 5.41) is 8.68. The molecule has 4 heteroatoms. The molecule has 1 saturated heterocycles.